The monoisotopic (exact) mass is 218 g/mol. The summed E-state index contributed by atoms with van der Waals surface area (Å²) in [6.45, 7) is 3.75. The smallest absolute Gasteiger partial charge is 0.240 e. The van der Waals surface area contributed by atoms with Gasteiger partial charge in [-0.05, 0) is 6.42 Å². The van der Waals surface area contributed by atoms with Gasteiger partial charge in [-0.1, -0.05) is 40.9 Å². The lowest BCUT2D eigenvalue weighted by Crippen LogP contribution is -2.28. The SMILES string of the molecule is C=CCCOC(O)C(Cl)(Cl)Cl. The number of hydrogen-bond acceptors (Lipinski definition) is 2. The van der Waals surface area contributed by atoms with Crippen LogP contribution < -0.4 is 0 Å². The summed E-state index contributed by atoms with van der Waals surface area (Å²) in [5.74, 6) is 0. The first kappa shape index (κ1) is 11.5. The fourth-order valence-corrected chi connectivity index (χ4v) is 0.546. The fourth-order valence-electron chi connectivity index (χ4n) is 0.357. The van der Waals surface area contributed by atoms with Crippen molar-refractivity contribution < 1.29 is 9.84 Å². The van der Waals surface area contributed by atoms with E-state index < -0.39 is 10.1 Å². The third-order valence-electron chi connectivity index (χ3n) is 0.878. The molecule has 1 N–H and O–H groups in total. The first-order valence-corrected chi connectivity index (χ1v) is 4.09. The van der Waals surface area contributed by atoms with Crippen molar-refractivity contribution >= 4 is 34.8 Å². The summed E-state index contributed by atoms with van der Waals surface area (Å²) in [5, 5.41) is 8.96. The largest absolute Gasteiger partial charge is 0.365 e. The second kappa shape index (κ2) is 5.22. The third-order valence-corrected chi connectivity index (χ3v) is 1.44. The van der Waals surface area contributed by atoms with Crippen LogP contribution in [-0.2, 0) is 4.74 Å². The molecule has 1 unspecified atom stereocenters. The summed E-state index contributed by atoms with van der Waals surface area (Å²) in [5.41, 5.74) is 0. The minimum absolute atomic E-state index is 0.290. The number of rotatable bonds is 4. The van der Waals surface area contributed by atoms with Gasteiger partial charge in [-0.25, -0.2) is 0 Å². The van der Waals surface area contributed by atoms with E-state index in [1.165, 1.54) is 0 Å². The van der Waals surface area contributed by atoms with Gasteiger partial charge in [0.05, 0.1) is 6.61 Å². The zero-order valence-electron chi connectivity index (χ0n) is 5.77. The topological polar surface area (TPSA) is 29.5 Å². The molecule has 1 atom stereocenters. The van der Waals surface area contributed by atoms with Gasteiger partial charge in [-0.15, -0.1) is 6.58 Å². The summed E-state index contributed by atoms with van der Waals surface area (Å²) in [7, 11) is 0. The lowest BCUT2D eigenvalue weighted by molar-refractivity contribution is -0.0937. The summed E-state index contributed by atoms with van der Waals surface area (Å²) in [4.78, 5) is 0. The van der Waals surface area contributed by atoms with Gasteiger partial charge < -0.3 is 9.84 Å². The highest BCUT2D eigenvalue weighted by molar-refractivity contribution is 6.67. The third kappa shape index (κ3) is 5.76. The van der Waals surface area contributed by atoms with E-state index in [0.29, 0.717) is 13.0 Å². The van der Waals surface area contributed by atoms with Crippen LogP contribution in [0.15, 0.2) is 12.7 Å². The van der Waals surface area contributed by atoms with Crippen molar-refractivity contribution in [2.24, 2.45) is 0 Å². The molecular weight excluding hydrogens is 210 g/mol. The van der Waals surface area contributed by atoms with Crippen molar-refractivity contribution in [1.29, 1.82) is 0 Å². The standard InChI is InChI=1S/C6H9Cl3O2/c1-2-3-4-11-5(10)6(7,8)9/h2,5,10H,1,3-4H2. The molecule has 2 nitrogen and oxygen atoms in total. The van der Waals surface area contributed by atoms with Crippen molar-refractivity contribution in [2.45, 2.75) is 16.5 Å². The highest BCUT2D eigenvalue weighted by Crippen LogP contribution is 2.30. The molecule has 0 aliphatic carbocycles. The van der Waals surface area contributed by atoms with Gasteiger partial charge >= 0.3 is 0 Å². The molecule has 0 saturated heterocycles. The number of aliphatic hydroxyl groups is 1. The zero-order valence-corrected chi connectivity index (χ0v) is 8.03. The van der Waals surface area contributed by atoms with Crippen LogP contribution in [0.25, 0.3) is 0 Å². The molecule has 0 spiro atoms. The van der Waals surface area contributed by atoms with Gasteiger partial charge in [0.15, 0.2) is 0 Å². The van der Waals surface area contributed by atoms with E-state index >= 15 is 0 Å². The van der Waals surface area contributed by atoms with Crippen LogP contribution in [-0.4, -0.2) is 21.8 Å². The molecule has 0 bridgehead atoms. The summed E-state index contributed by atoms with van der Waals surface area (Å²) in [6.07, 6.45) is 0.871. The van der Waals surface area contributed by atoms with Crippen LogP contribution in [0.5, 0.6) is 0 Å². The number of alkyl halides is 3. The van der Waals surface area contributed by atoms with E-state index in [0.717, 1.165) is 0 Å². The molecule has 0 aromatic carbocycles. The lowest BCUT2D eigenvalue weighted by Gasteiger charge is -2.18. The Morgan fingerprint density at radius 3 is 2.45 bits per heavy atom. The molecule has 5 heteroatoms. The molecule has 0 rings (SSSR count). The van der Waals surface area contributed by atoms with Crippen LogP contribution in [0.4, 0.5) is 0 Å². The Morgan fingerprint density at radius 2 is 2.09 bits per heavy atom. The molecule has 0 heterocycles. The highest BCUT2D eigenvalue weighted by atomic mass is 35.6. The number of aliphatic hydroxyl groups excluding tert-OH is 1. The molecule has 0 aliphatic rings. The van der Waals surface area contributed by atoms with E-state index in [-0.39, 0.29) is 0 Å². The molecule has 0 aliphatic heterocycles. The fraction of sp³-hybridized carbons (Fsp3) is 0.667. The second-order valence-corrected chi connectivity index (χ2v) is 4.21. The van der Waals surface area contributed by atoms with Crippen molar-refractivity contribution in [3.63, 3.8) is 0 Å². The predicted molar refractivity (Wildman–Crippen MR) is 47.1 cm³/mol. The van der Waals surface area contributed by atoms with Gasteiger partial charge in [-0.2, -0.15) is 0 Å². The number of ether oxygens (including phenoxy) is 1. The van der Waals surface area contributed by atoms with Crippen LogP contribution in [0.3, 0.4) is 0 Å². The van der Waals surface area contributed by atoms with Gasteiger partial charge in [0, 0.05) is 0 Å². The quantitative estimate of drug-likeness (QED) is 0.340. The van der Waals surface area contributed by atoms with Crippen LogP contribution >= 0.6 is 34.8 Å². The number of halogens is 3. The van der Waals surface area contributed by atoms with Gasteiger partial charge in [0.2, 0.25) is 10.1 Å². The van der Waals surface area contributed by atoms with Crippen LogP contribution in [0, 0.1) is 0 Å². The maximum atomic E-state index is 8.96. The lowest BCUT2D eigenvalue weighted by atomic mass is 10.4. The number of hydrogen-bond donors (Lipinski definition) is 1. The molecule has 0 aromatic heterocycles. The van der Waals surface area contributed by atoms with E-state index in [9.17, 15) is 0 Å². The normalized spacial score (nSPS) is 14.5. The minimum Gasteiger partial charge on any atom is -0.365 e. The van der Waals surface area contributed by atoms with E-state index in [1.807, 2.05) is 0 Å². The Bertz CT molecular complexity index is 121. The van der Waals surface area contributed by atoms with Crippen molar-refractivity contribution in [2.75, 3.05) is 6.61 Å². The average molecular weight is 219 g/mol. The van der Waals surface area contributed by atoms with E-state index in [2.05, 4.69) is 6.58 Å². The molecule has 0 fully saturated rings. The minimum atomic E-state index is -1.78. The Labute approximate surface area is 80.7 Å². The van der Waals surface area contributed by atoms with Crippen molar-refractivity contribution in [1.82, 2.24) is 0 Å². The first-order chi connectivity index (χ1) is 4.98. The molecule has 0 amide bonds. The maximum absolute atomic E-state index is 8.96. The second-order valence-electron chi connectivity index (χ2n) is 1.84. The van der Waals surface area contributed by atoms with E-state index in [4.69, 9.17) is 44.6 Å². The highest BCUT2D eigenvalue weighted by Gasteiger charge is 2.31. The van der Waals surface area contributed by atoms with Crippen molar-refractivity contribution in [3.8, 4) is 0 Å². The Balaban J connectivity index is 3.52. The molecule has 0 radical (unpaired) electrons. The van der Waals surface area contributed by atoms with Crippen LogP contribution in [0.1, 0.15) is 6.42 Å². The van der Waals surface area contributed by atoms with Gasteiger partial charge in [0.1, 0.15) is 0 Å². The Kier molecular flexibility index (Phi) is 5.48. The average Bonchev–Trinajstić information content (AvgIpc) is 1.86. The van der Waals surface area contributed by atoms with Crippen molar-refractivity contribution in [3.05, 3.63) is 12.7 Å². The predicted octanol–water partition coefficient (Wildman–Crippen LogP) is 2.27. The van der Waals surface area contributed by atoms with Crippen LogP contribution in [0.2, 0.25) is 0 Å². The van der Waals surface area contributed by atoms with Gasteiger partial charge in [0.25, 0.3) is 0 Å². The molecule has 66 valence electrons. The summed E-state index contributed by atoms with van der Waals surface area (Å²) >= 11 is 15.9. The molecule has 11 heavy (non-hydrogen) atoms. The Hall–Kier alpha value is 0.530. The first-order valence-electron chi connectivity index (χ1n) is 2.95. The summed E-state index contributed by atoms with van der Waals surface area (Å²) < 4.78 is 2.96. The van der Waals surface area contributed by atoms with Gasteiger partial charge in [-0.3, -0.25) is 0 Å². The molecule has 0 aromatic rings. The summed E-state index contributed by atoms with van der Waals surface area (Å²) in [6, 6.07) is 0. The molecule has 0 saturated carbocycles. The maximum Gasteiger partial charge on any atom is 0.240 e. The Morgan fingerprint density at radius 1 is 1.55 bits per heavy atom. The zero-order chi connectivity index (χ0) is 8.91. The van der Waals surface area contributed by atoms with E-state index in [1.54, 1.807) is 6.08 Å². The molecular formula is C6H9Cl3O2.